The zero-order valence-electron chi connectivity index (χ0n) is 14.7. The first-order valence-corrected chi connectivity index (χ1v) is 9.00. The molecule has 132 valence electrons. The van der Waals surface area contributed by atoms with Gasteiger partial charge in [-0.3, -0.25) is 4.79 Å². The molecule has 1 aromatic rings. The fraction of sp³-hybridized carbons (Fsp3) is 0.632. The summed E-state index contributed by atoms with van der Waals surface area (Å²) >= 11 is 0. The van der Waals surface area contributed by atoms with Crippen LogP contribution in [-0.4, -0.2) is 50.7 Å². The Morgan fingerprint density at radius 3 is 2.88 bits per heavy atom. The largest absolute Gasteiger partial charge is 0.497 e. The van der Waals surface area contributed by atoms with Gasteiger partial charge >= 0.3 is 0 Å². The fourth-order valence-corrected chi connectivity index (χ4v) is 3.62. The molecule has 0 radical (unpaired) electrons. The van der Waals surface area contributed by atoms with E-state index < -0.39 is 0 Å². The van der Waals surface area contributed by atoms with Gasteiger partial charge in [-0.2, -0.15) is 0 Å². The van der Waals surface area contributed by atoms with Crippen LogP contribution in [0.3, 0.4) is 0 Å². The molecule has 2 heterocycles. The molecule has 0 saturated carbocycles. The second-order valence-electron chi connectivity index (χ2n) is 6.76. The van der Waals surface area contributed by atoms with Crippen molar-refractivity contribution in [3.63, 3.8) is 0 Å². The molecular weight excluding hydrogens is 304 g/mol. The van der Waals surface area contributed by atoms with Crippen LogP contribution in [0, 0.1) is 11.8 Å². The third-order valence-electron chi connectivity index (χ3n) is 5.13. The molecule has 1 N–H and O–H groups in total. The van der Waals surface area contributed by atoms with Gasteiger partial charge in [0.1, 0.15) is 18.1 Å². The maximum Gasteiger partial charge on any atom is 0.229 e. The van der Waals surface area contributed by atoms with E-state index in [2.05, 4.69) is 12.2 Å². The SMILES string of the molecule is CCNCC1CCN(C(=O)C2COc3ccc(OC)cc3C2)CC1. The summed E-state index contributed by atoms with van der Waals surface area (Å²) in [6, 6.07) is 5.81. The van der Waals surface area contributed by atoms with Crippen LogP contribution in [0.1, 0.15) is 25.3 Å². The molecule has 2 aliphatic rings. The second kappa shape index (κ2) is 7.88. The fourth-order valence-electron chi connectivity index (χ4n) is 3.62. The monoisotopic (exact) mass is 332 g/mol. The number of methoxy groups -OCH3 is 1. The van der Waals surface area contributed by atoms with E-state index in [4.69, 9.17) is 9.47 Å². The molecule has 3 rings (SSSR count). The Morgan fingerprint density at radius 2 is 2.17 bits per heavy atom. The van der Waals surface area contributed by atoms with Crippen molar-refractivity contribution < 1.29 is 14.3 Å². The standard InChI is InChI=1S/C19H28N2O3/c1-3-20-12-14-6-8-21(9-7-14)19(22)16-10-15-11-17(23-2)4-5-18(15)24-13-16/h4-5,11,14,16,20H,3,6-10,12-13H2,1-2H3. The van der Waals surface area contributed by atoms with Gasteiger partial charge in [-0.25, -0.2) is 0 Å². The van der Waals surface area contributed by atoms with E-state index in [1.54, 1.807) is 7.11 Å². The number of hydrogen-bond donors (Lipinski definition) is 1. The van der Waals surface area contributed by atoms with Gasteiger partial charge in [0.05, 0.1) is 13.0 Å². The third-order valence-corrected chi connectivity index (χ3v) is 5.13. The number of benzene rings is 1. The lowest BCUT2D eigenvalue weighted by Gasteiger charge is -2.35. The molecule has 1 fully saturated rings. The molecule has 5 nitrogen and oxygen atoms in total. The number of rotatable bonds is 5. The lowest BCUT2D eigenvalue weighted by Crippen LogP contribution is -2.45. The number of nitrogens with zero attached hydrogens (tertiary/aromatic N) is 1. The first kappa shape index (κ1) is 17.1. The Bertz CT molecular complexity index is 568. The van der Waals surface area contributed by atoms with Gasteiger partial charge in [-0.05, 0) is 62.0 Å². The van der Waals surface area contributed by atoms with Gasteiger partial charge in [-0.15, -0.1) is 0 Å². The van der Waals surface area contributed by atoms with Gasteiger partial charge in [0.25, 0.3) is 0 Å². The number of amides is 1. The maximum atomic E-state index is 12.8. The maximum absolute atomic E-state index is 12.8. The molecule has 0 aromatic heterocycles. The van der Waals surface area contributed by atoms with Crippen LogP contribution < -0.4 is 14.8 Å². The summed E-state index contributed by atoms with van der Waals surface area (Å²) in [6.07, 6.45) is 2.93. The van der Waals surface area contributed by atoms with Crippen molar-refractivity contribution in [2.24, 2.45) is 11.8 Å². The van der Waals surface area contributed by atoms with Crippen LogP contribution in [0.15, 0.2) is 18.2 Å². The number of carbonyl (C=O) groups is 1. The quantitative estimate of drug-likeness (QED) is 0.897. The normalized spacial score (nSPS) is 21.1. The highest BCUT2D eigenvalue weighted by atomic mass is 16.5. The predicted molar refractivity (Wildman–Crippen MR) is 93.5 cm³/mol. The van der Waals surface area contributed by atoms with Gasteiger partial charge in [0.15, 0.2) is 0 Å². The number of ether oxygens (including phenoxy) is 2. The molecule has 1 aromatic carbocycles. The second-order valence-corrected chi connectivity index (χ2v) is 6.76. The smallest absolute Gasteiger partial charge is 0.229 e. The van der Waals surface area contributed by atoms with Crippen LogP contribution in [0.4, 0.5) is 0 Å². The molecular formula is C19H28N2O3. The summed E-state index contributed by atoms with van der Waals surface area (Å²) in [5.41, 5.74) is 1.07. The molecule has 0 spiro atoms. The highest BCUT2D eigenvalue weighted by molar-refractivity contribution is 5.80. The van der Waals surface area contributed by atoms with Crippen molar-refractivity contribution in [1.29, 1.82) is 0 Å². The minimum Gasteiger partial charge on any atom is -0.497 e. The minimum atomic E-state index is -0.0741. The van der Waals surface area contributed by atoms with Crippen LogP contribution in [0.5, 0.6) is 11.5 Å². The van der Waals surface area contributed by atoms with Gasteiger partial charge < -0.3 is 19.7 Å². The topological polar surface area (TPSA) is 50.8 Å². The van der Waals surface area contributed by atoms with Crippen LogP contribution in [0.2, 0.25) is 0 Å². The van der Waals surface area contributed by atoms with E-state index in [9.17, 15) is 4.79 Å². The predicted octanol–water partition coefficient (Wildman–Crippen LogP) is 2.09. The van der Waals surface area contributed by atoms with Crippen molar-refractivity contribution in [1.82, 2.24) is 10.2 Å². The molecule has 1 unspecified atom stereocenters. The summed E-state index contributed by atoms with van der Waals surface area (Å²) in [6.45, 7) is 6.44. The zero-order chi connectivity index (χ0) is 16.9. The van der Waals surface area contributed by atoms with Gasteiger partial charge in [-0.1, -0.05) is 6.92 Å². The Kier molecular flexibility index (Phi) is 5.61. The molecule has 0 aliphatic carbocycles. The summed E-state index contributed by atoms with van der Waals surface area (Å²) in [5, 5.41) is 3.41. The number of nitrogens with one attached hydrogen (secondary N) is 1. The van der Waals surface area contributed by atoms with Crippen molar-refractivity contribution in [3.05, 3.63) is 23.8 Å². The highest BCUT2D eigenvalue weighted by Crippen LogP contribution is 2.31. The lowest BCUT2D eigenvalue weighted by molar-refractivity contribution is -0.138. The van der Waals surface area contributed by atoms with E-state index >= 15 is 0 Å². The first-order valence-electron chi connectivity index (χ1n) is 9.00. The number of piperidine rings is 1. The number of carbonyl (C=O) groups excluding carboxylic acids is 1. The number of hydrogen-bond acceptors (Lipinski definition) is 4. The van der Waals surface area contributed by atoms with Gasteiger partial charge in [0.2, 0.25) is 5.91 Å². The average Bonchev–Trinajstić information content (AvgIpc) is 2.65. The Balaban J connectivity index is 1.56. The average molecular weight is 332 g/mol. The van der Waals surface area contributed by atoms with Crippen LogP contribution >= 0.6 is 0 Å². The molecule has 1 amide bonds. The van der Waals surface area contributed by atoms with Crippen molar-refractivity contribution in [2.75, 3.05) is 39.9 Å². The third kappa shape index (κ3) is 3.83. The molecule has 1 atom stereocenters. The van der Waals surface area contributed by atoms with E-state index in [1.807, 2.05) is 23.1 Å². The van der Waals surface area contributed by atoms with Crippen LogP contribution in [0.25, 0.3) is 0 Å². The molecule has 2 aliphatic heterocycles. The summed E-state index contributed by atoms with van der Waals surface area (Å²) < 4.78 is 11.1. The molecule has 1 saturated heterocycles. The van der Waals surface area contributed by atoms with E-state index in [0.717, 1.165) is 62.5 Å². The number of fused-ring (bicyclic) bond motifs is 1. The molecule has 0 bridgehead atoms. The summed E-state index contributed by atoms with van der Waals surface area (Å²) in [4.78, 5) is 14.9. The number of likely N-dealkylation sites (tertiary alicyclic amines) is 1. The summed E-state index contributed by atoms with van der Waals surface area (Å²) in [7, 11) is 1.66. The molecule has 5 heteroatoms. The lowest BCUT2D eigenvalue weighted by atomic mass is 9.92. The Hall–Kier alpha value is -1.75. The Labute approximate surface area is 144 Å². The van der Waals surface area contributed by atoms with Crippen molar-refractivity contribution in [3.8, 4) is 11.5 Å². The van der Waals surface area contributed by atoms with E-state index in [0.29, 0.717) is 12.5 Å². The van der Waals surface area contributed by atoms with E-state index in [1.165, 1.54) is 0 Å². The minimum absolute atomic E-state index is 0.0741. The summed E-state index contributed by atoms with van der Waals surface area (Å²) in [5.74, 6) is 2.56. The van der Waals surface area contributed by atoms with Crippen LogP contribution in [-0.2, 0) is 11.2 Å². The molecule has 24 heavy (non-hydrogen) atoms. The first-order chi connectivity index (χ1) is 11.7. The Morgan fingerprint density at radius 1 is 1.38 bits per heavy atom. The van der Waals surface area contributed by atoms with E-state index in [-0.39, 0.29) is 11.8 Å². The van der Waals surface area contributed by atoms with Crippen molar-refractivity contribution in [2.45, 2.75) is 26.2 Å². The highest BCUT2D eigenvalue weighted by Gasteiger charge is 2.31. The van der Waals surface area contributed by atoms with Gasteiger partial charge in [0, 0.05) is 13.1 Å². The van der Waals surface area contributed by atoms with Crippen molar-refractivity contribution >= 4 is 5.91 Å². The zero-order valence-corrected chi connectivity index (χ0v) is 14.7.